The second kappa shape index (κ2) is 6.37. The van der Waals surface area contributed by atoms with Crippen molar-refractivity contribution in [3.63, 3.8) is 0 Å². The Labute approximate surface area is 115 Å². The van der Waals surface area contributed by atoms with E-state index in [2.05, 4.69) is 5.32 Å². The minimum Gasteiger partial charge on any atom is -0.396 e. The van der Waals surface area contributed by atoms with Crippen LogP contribution in [0.15, 0.2) is 0 Å². The van der Waals surface area contributed by atoms with Gasteiger partial charge in [0.15, 0.2) is 0 Å². The first-order valence-corrected chi connectivity index (χ1v) is 6.91. The highest BCUT2D eigenvalue weighted by molar-refractivity contribution is 5.81. The van der Waals surface area contributed by atoms with E-state index in [1.54, 1.807) is 11.8 Å². The number of aliphatic hydroxyl groups excluding tert-OH is 1. The lowest BCUT2D eigenvalue weighted by molar-refractivity contribution is -0.134. The van der Waals surface area contributed by atoms with Gasteiger partial charge in [-0.3, -0.25) is 9.59 Å². The molecule has 2 N–H and O–H groups in total. The monoisotopic (exact) mass is 270 g/mol. The van der Waals surface area contributed by atoms with E-state index in [1.165, 1.54) is 0 Å². The lowest BCUT2D eigenvalue weighted by Gasteiger charge is -2.38. The molecule has 0 aromatic heterocycles. The highest BCUT2D eigenvalue weighted by atomic mass is 16.3. The molecule has 1 fully saturated rings. The number of carbonyl (C=O) groups is 2. The van der Waals surface area contributed by atoms with Crippen molar-refractivity contribution in [1.82, 2.24) is 10.2 Å². The summed E-state index contributed by atoms with van der Waals surface area (Å²) in [4.78, 5) is 25.3. The van der Waals surface area contributed by atoms with Crippen LogP contribution in [0.25, 0.3) is 0 Å². The number of likely N-dealkylation sites (tertiary alicyclic amines) is 1. The zero-order chi connectivity index (χ0) is 14.6. The second-order valence-corrected chi connectivity index (χ2v) is 6.46. The first-order valence-electron chi connectivity index (χ1n) is 6.91. The SMILES string of the molecule is CC(=O)N1CC(CCO)CC(NC(=O)C(C)(C)C)C1. The third-order valence-corrected chi connectivity index (χ3v) is 3.54. The standard InChI is InChI=1S/C14H26N2O3/c1-10(18)16-8-11(5-6-17)7-12(9-16)15-13(19)14(2,3)4/h11-12,17H,5-9H2,1-4H3,(H,15,19). The molecule has 5 heteroatoms. The molecule has 0 bridgehead atoms. The van der Waals surface area contributed by atoms with Crippen molar-refractivity contribution in [2.24, 2.45) is 11.3 Å². The van der Waals surface area contributed by atoms with Crippen LogP contribution in [0.3, 0.4) is 0 Å². The van der Waals surface area contributed by atoms with Gasteiger partial charge in [0, 0.05) is 38.1 Å². The fraction of sp³-hybridized carbons (Fsp3) is 0.857. The molecule has 0 aliphatic carbocycles. The zero-order valence-electron chi connectivity index (χ0n) is 12.4. The number of amides is 2. The van der Waals surface area contributed by atoms with Crippen molar-refractivity contribution in [3.05, 3.63) is 0 Å². The van der Waals surface area contributed by atoms with Gasteiger partial charge in [-0.2, -0.15) is 0 Å². The molecule has 0 aromatic rings. The smallest absolute Gasteiger partial charge is 0.225 e. The Morgan fingerprint density at radius 2 is 1.95 bits per heavy atom. The van der Waals surface area contributed by atoms with Crippen LogP contribution in [0.2, 0.25) is 0 Å². The highest BCUT2D eigenvalue weighted by Crippen LogP contribution is 2.21. The van der Waals surface area contributed by atoms with Crippen LogP contribution >= 0.6 is 0 Å². The molecule has 1 saturated heterocycles. The van der Waals surface area contributed by atoms with Crippen LogP contribution in [0, 0.1) is 11.3 Å². The van der Waals surface area contributed by atoms with Crippen LogP contribution < -0.4 is 5.32 Å². The van der Waals surface area contributed by atoms with Gasteiger partial charge in [0.05, 0.1) is 0 Å². The van der Waals surface area contributed by atoms with E-state index in [0.717, 1.165) is 6.42 Å². The van der Waals surface area contributed by atoms with Gasteiger partial charge in [-0.15, -0.1) is 0 Å². The molecular formula is C14H26N2O3. The summed E-state index contributed by atoms with van der Waals surface area (Å²) in [7, 11) is 0. The fourth-order valence-corrected chi connectivity index (χ4v) is 2.36. The van der Waals surface area contributed by atoms with Gasteiger partial charge < -0.3 is 15.3 Å². The van der Waals surface area contributed by atoms with Crippen LogP contribution in [-0.4, -0.2) is 47.6 Å². The van der Waals surface area contributed by atoms with Crippen molar-refractivity contribution >= 4 is 11.8 Å². The third-order valence-electron chi connectivity index (χ3n) is 3.54. The second-order valence-electron chi connectivity index (χ2n) is 6.46. The summed E-state index contributed by atoms with van der Waals surface area (Å²) in [6.07, 6.45) is 1.50. The Morgan fingerprint density at radius 1 is 1.32 bits per heavy atom. The van der Waals surface area contributed by atoms with Gasteiger partial charge in [-0.1, -0.05) is 20.8 Å². The van der Waals surface area contributed by atoms with Crippen molar-refractivity contribution < 1.29 is 14.7 Å². The molecule has 0 spiro atoms. The van der Waals surface area contributed by atoms with Crippen LogP contribution in [0.5, 0.6) is 0 Å². The molecule has 19 heavy (non-hydrogen) atoms. The molecule has 5 nitrogen and oxygen atoms in total. The number of rotatable bonds is 3. The molecule has 0 saturated carbocycles. The van der Waals surface area contributed by atoms with E-state index in [1.807, 2.05) is 20.8 Å². The Bertz CT molecular complexity index is 336. The number of hydrogen-bond donors (Lipinski definition) is 2. The molecule has 1 aliphatic heterocycles. The van der Waals surface area contributed by atoms with Gasteiger partial charge in [-0.25, -0.2) is 0 Å². The summed E-state index contributed by atoms with van der Waals surface area (Å²) >= 11 is 0. The average Bonchev–Trinajstić information content (AvgIpc) is 2.27. The molecule has 1 rings (SSSR count). The summed E-state index contributed by atoms with van der Waals surface area (Å²) in [5, 5.41) is 12.1. The lowest BCUT2D eigenvalue weighted by atomic mass is 9.89. The molecule has 1 aliphatic rings. The topological polar surface area (TPSA) is 69.6 Å². The van der Waals surface area contributed by atoms with Crippen LogP contribution in [0.1, 0.15) is 40.5 Å². The minimum absolute atomic E-state index is 0.00523. The minimum atomic E-state index is -0.426. The normalized spacial score (nSPS) is 24.2. The maximum atomic E-state index is 12.0. The van der Waals surface area contributed by atoms with Gasteiger partial charge in [-0.05, 0) is 18.8 Å². The van der Waals surface area contributed by atoms with E-state index in [4.69, 9.17) is 5.11 Å². The van der Waals surface area contributed by atoms with Crippen LogP contribution in [-0.2, 0) is 9.59 Å². The van der Waals surface area contributed by atoms with Crippen molar-refractivity contribution in [3.8, 4) is 0 Å². The molecule has 2 unspecified atom stereocenters. The summed E-state index contributed by atoms with van der Waals surface area (Å²) < 4.78 is 0. The number of aliphatic hydroxyl groups is 1. The summed E-state index contributed by atoms with van der Waals surface area (Å²) in [6, 6.07) is -0.0130. The van der Waals surface area contributed by atoms with E-state index >= 15 is 0 Å². The van der Waals surface area contributed by atoms with E-state index in [0.29, 0.717) is 19.5 Å². The van der Waals surface area contributed by atoms with Gasteiger partial charge >= 0.3 is 0 Å². The fourth-order valence-electron chi connectivity index (χ4n) is 2.36. The maximum Gasteiger partial charge on any atom is 0.225 e. The molecular weight excluding hydrogens is 244 g/mol. The highest BCUT2D eigenvalue weighted by Gasteiger charge is 2.31. The van der Waals surface area contributed by atoms with E-state index in [-0.39, 0.29) is 30.4 Å². The largest absolute Gasteiger partial charge is 0.396 e. The predicted molar refractivity (Wildman–Crippen MR) is 73.4 cm³/mol. The third kappa shape index (κ3) is 4.82. The molecule has 1 heterocycles. The Hall–Kier alpha value is -1.10. The summed E-state index contributed by atoms with van der Waals surface area (Å²) in [5.74, 6) is 0.288. The number of nitrogens with one attached hydrogen (secondary N) is 1. The Kier molecular flexibility index (Phi) is 5.35. The number of hydrogen-bond acceptors (Lipinski definition) is 3. The molecule has 2 amide bonds. The molecule has 2 atom stereocenters. The van der Waals surface area contributed by atoms with Crippen molar-refractivity contribution in [2.75, 3.05) is 19.7 Å². The first kappa shape index (κ1) is 16.0. The van der Waals surface area contributed by atoms with Gasteiger partial charge in [0.2, 0.25) is 11.8 Å². The number of carbonyl (C=O) groups excluding carboxylic acids is 2. The van der Waals surface area contributed by atoms with Crippen molar-refractivity contribution in [2.45, 2.75) is 46.6 Å². The quantitative estimate of drug-likeness (QED) is 0.796. The maximum absolute atomic E-state index is 12.0. The summed E-state index contributed by atoms with van der Waals surface area (Å²) in [5.41, 5.74) is -0.426. The van der Waals surface area contributed by atoms with Crippen molar-refractivity contribution in [1.29, 1.82) is 0 Å². The van der Waals surface area contributed by atoms with E-state index in [9.17, 15) is 9.59 Å². The van der Waals surface area contributed by atoms with Gasteiger partial charge in [0.1, 0.15) is 0 Å². The molecule has 110 valence electrons. The number of piperidine rings is 1. The number of nitrogens with zero attached hydrogens (tertiary/aromatic N) is 1. The Balaban J connectivity index is 2.66. The predicted octanol–water partition coefficient (Wildman–Crippen LogP) is 0.768. The molecule has 0 aromatic carbocycles. The lowest BCUT2D eigenvalue weighted by Crippen LogP contribution is -2.54. The van der Waals surface area contributed by atoms with Gasteiger partial charge in [0.25, 0.3) is 0 Å². The van der Waals surface area contributed by atoms with E-state index < -0.39 is 5.41 Å². The average molecular weight is 270 g/mol. The Morgan fingerprint density at radius 3 is 2.42 bits per heavy atom. The zero-order valence-corrected chi connectivity index (χ0v) is 12.4. The molecule has 0 radical (unpaired) electrons. The van der Waals surface area contributed by atoms with Crippen LogP contribution in [0.4, 0.5) is 0 Å². The first-order chi connectivity index (χ1) is 8.74. The summed E-state index contributed by atoms with van der Waals surface area (Å²) in [6.45, 7) is 8.54.